The Balaban J connectivity index is 1.51. The Morgan fingerprint density at radius 2 is 1.85 bits per heavy atom. The topological polar surface area (TPSA) is 105 Å². The molecule has 2 aromatic carbocycles. The van der Waals surface area contributed by atoms with Crippen LogP contribution in [0.25, 0.3) is 16.6 Å². The van der Waals surface area contributed by atoms with Crippen molar-refractivity contribution in [3.05, 3.63) is 74.6 Å². The van der Waals surface area contributed by atoms with Crippen molar-refractivity contribution in [3.8, 4) is 5.69 Å². The van der Waals surface area contributed by atoms with E-state index in [1.807, 2.05) is 54.0 Å². The first-order chi connectivity index (χ1) is 19.5. The summed E-state index contributed by atoms with van der Waals surface area (Å²) in [5.74, 6) is -0.0115. The van der Waals surface area contributed by atoms with Gasteiger partial charge in [-0.25, -0.2) is 4.68 Å². The second kappa shape index (κ2) is 12.1. The number of carbonyl (C=O) groups excluding carboxylic acids is 2. The van der Waals surface area contributed by atoms with Gasteiger partial charge in [-0.2, -0.15) is 5.10 Å². The summed E-state index contributed by atoms with van der Waals surface area (Å²) in [7, 11) is -1.28. The zero-order valence-corrected chi connectivity index (χ0v) is 27.1. The fourth-order valence-corrected chi connectivity index (χ4v) is 6.34. The molecule has 5 rings (SSSR count). The van der Waals surface area contributed by atoms with E-state index in [9.17, 15) is 9.59 Å². The van der Waals surface area contributed by atoms with Gasteiger partial charge in [-0.3, -0.25) is 9.59 Å². The number of benzene rings is 2. The van der Waals surface area contributed by atoms with Gasteiger partial charge in [0.15, 0.2) is 0 Å². The van der Waals surface area contributed by atoms with Gasteiger partial charge < -0.3 is 24.7 Å². The molecule has 2 N–H and O–H groups in total. The number of hydrogen-bond acceptors (Lipinski definition) is 6. The normalized spacial score (nSPS) is 14.1. The number of ether oxygens (including phenoxy) is 2. The first kappa shape index (κ1) is 29.5. The van der Waals surface area contributed by atoms with Gasteiger partial charge in [-0.1, -0.05) is 19.6 Å². The molecular formula is C30H36IN5O4Si. The predicted molar refractivity (Wildman–Crippen MR) is 172 cm³/mol. The number of nitrogens with two attached hydrogens (primary N) is 1. The van der Waals surface area contributed by atoms with Gasteiger partial charge in [-0.05, 0) is 83.6 Å². The zero-order chi connectivity index (χ0) is 29.3. The predicted octanol–water partition coefficient (Wildman–Crippen LogP) is 5.34. The molecule has 0 spiro atoms. The van der Waals surface area contributed by atoms with Gasteiger partial charge in [0, 0.05) is 42.3 Å². The van der Waals surface area contributed by atoms with E-state index >= 15 is 0 Å². The summed E-state index contributed by atoms with van der Waals surface area (Å²) in [6.45, 7) is 11.9. The highest BCUT2D eigenvalue weighted by Gasteiger charge is 2.25. The van der Waals surface area contributed by atoms with E-state index in [4.69, 9.17) is 15.2 Å². The lowest BCUT2D eigenvalue weighted by Crippen LogP contribution is -2.40. The number of carbonyl (C=O) groups is 2. The quantitative estimate of drug-likeness (QED) is 0.111. The number of ketones is 1. The largest absolute Gasteiger partial charge is 0.383 e. The van der Waals surface area contributed by atoms with Crippen molar-refractivity contribution in [2.75, 3.05) is 38.6 Å². The molecule has 3 heterocycles. The van der Waals surface area contributed by atoms with Gasteiger partial charge >= 0.3 is 0 Å². The third-order valence-electron chi connectivity index (χ3n) is 7.33. The molecule has 216 valence electrons. The minimum absolute atomic E-state index is 0.0411. The molecule has 2 aromatic heterocycles. The average molecular weight is 686 g/mol. The minimum Gasteiger partial charge on any atom is -0.383 e. The fourth-order valence-electron chi connectivity index (χ4n) is 4.93. The highest BCUT2D eigenvalue weighted by Crippen LogP contribution is 2.28. The van der Waals surface area contributed by atoms with E-state index in [2.05, 4.69) is 47.3 Å². The summed E-state index contributed by atoms with van der Waals surface area (Å²) in [5, 5.41) is 5.26. The monoisotopic (exact) mass is 685 g/mol. The van der Waals surface area contributed by atoms with Gasteiger partial charge in [0.05, 0.1) is 41.9 Å². The van der Waals surface area contributed by atoms with Crippen LogP contribution >= 0.6 is 22.6 Å². The van der Waals surface area contributed by atoms with Crippen LogP contribution in [0.3, 0.4) is 0 Å². The van der Waals surface area contributed by atoms with Crippen LogP contribution in [0.5, 0.6) is 0 Å². The van der Waals surface area contributed by atoms with Crippen LogP contribution < -0.4 is 5.73 Å². The molecule has 11 heteroatoms. The van der Waals surface area contributed by atoms with E-state index < -0.39 is 8.07 Å². The minimum atomic E-state index is -1.28. The summed E-state index contributed by atoms with van der Waals surface area (Å²) in [6.07, 6.45) is 1.52. The third-order valence-corrected chi connectivity index (χ3v) is 9.71. The van der Waals surface area contributed by atoms with Crippen molar-refractivity contribution in [2.45, 2.75) is 39.3 Å². The van der Waals surface area contributed by atoms with Gasteiger partial charge in [-0.15, -0.1) is 0 Å². The number of hydrogen-bond donors (Lipinski definition) is 1. The standard InChI is InChI=1S/C30H36IN5O4Si/c1-20-15-23(31)6-8-25(20)36-29(32)24(18-33-36)28(37)27-17-22-16-21(30(38)34-9-11-39-12-10-34)5-7-26(22)35(27)19-40-13-14-41(2,3)4/h5-8,15-18H,9-14,19,32H2,1-4H3. The molecule has 0 unspecified atom stereocenters. The van der Waals surface area contributed by atoms with Crippen molar-refractivity contribution in [3.63, 3.8) is 0 Å². The number of amides is 1. The van der Waals surface area contributed by atoms with Crippen molar-refractivity contribution in [1.82, 2.24) is 19.2 Å². The average Bonchev–Trinajstić information content (AvgIpc) is 3.50. The zero-order valence-electron chi connectivity index (χ0n) is 23.9. The molecule has 4 aromatic rings. The summed E-state index contributed by atoms with van der Waals surface area (Å²) in [4.78, 5) is 29.0. The van der Waals surface area contributed by atoms with Gasteiger partial charge in [0.25, 0.3) is 5.91 Å². The Labute approximate surface area is 254 Å². The smallest absolute Gasteiger partial charge is 0.254 e. The second-order valence-electron chi connectivity index (χ2n) is 11.6. The molecule has 1 amide bonds. The van der Waals surface area contributed by atoms with Crippen molar-refractivity contribution in [2.24, 2.45) is 0 Å². The number of morpholine rings is 1. The Morgan fingerprint density at radius 1 is 1.10 bits per heavy atom. The molecule has 9 nitrogen and oxygen atoms in total. The highest BCUT2D eigenvalue weighted by molar-refractivity contribution is 14.1. The number of anilines is 1. The van der Waals surface area contributed by atoms with Crippen LogP contribution in [-0.2, 0) is 16.2 Å². The Kier molecular flexibility index (Phi) is 8.69. The lowest BCUT2D eigenvalue weighted by Gasteiger charge is -2.26. The maximum Gasteiger partial charge on any atom is 0.254 e. The summed E-state index contributed by atoms with van der Waals surface area (Å²) in [5.41, 5.74) is 10.5. The maximum absolute atomic E-state index is 14.0. The molecule has 1 aliphatic rings. The number of aryl methyl sites for hydroxylation is 1. The van der Waals surface area contributed by atoms with Crippen LogP contribution in [0.4, 0.5) is 5.82 Å². The molecular weight excluding hydrogens is 649 g/mol. The molecule has 0 atom stereocenters. The third kappa shape index (κ3) is 6.42. The molecule has 1 aliphatic heterocycles. The van der Waals surface area contributed by atoms with E-state index in [-0.39, 0.29) is 24.2 Å². The second-order valence-corrected chi connectivity index (χ2v) is 18.5. The van der Waals surface area contributed by atoms with Crippen molar-refractivity contribution < 1.29 is 19.1 Å². The summed E-state index contributed by atoms with van der Waals surface area (Å²) >= 11 is 2.26. The fraction of sp³-hybridized carbons (Fsp3) is 0.367. The lowest BCUT2D eigenvalue weighted by atomic mass is 10.1. The van der Waals surface area contributed by atoms with Crippen LogP contribution in [0.1, 0.15) is 32.0 Å². The maximum atomic E-state index is 14.0. The van der Waals surface area contributed by atoms with E-state index in [0.717, 1.165) is 31.8 Å². The number of halogens is 1. The van der Waals surface area contributed by atoms with Crippen LogP contribution in [-0.4, -0.2) is 71.9 Å². The Hall–Kier alpha value is -3.00. The van der Waals surface area contributed by atoms with E-state index in [1.165, 1.54) is 6.20 Å². The van der Waals surface area contributed by atoms with E-state index in [0.29, 0.717) is 49.7 Å². The number of aromatic nitrogens is 3. The summed E-state index contributed by atoms with van der Waals surface area (Å²) in [6, 6.07) is 14.4. The molecule has 1 saturated heterocycles. The molecule has 0 bridgehead atoms. The Bertz CT molecular complexity index is 1600. The first-order valence-electron chi connectivity index (χ1n) is 13.8. The molecule has 0 aliphatic carbocycles. The van der Waals surface area contributed by atoms with Crippen LogP contribution in [0.2, 0.25) is 25.7 Å². The molecule has 0 radical (unpaired) electrons. The van der Waals surface area contributed by atoms with Crippen molar-refractivity contribution >= 4 is 59.1 Å². The highest BCUT2D eigenvalue weighted by atomic mass is 127. The number of rotatable bonds is 9. The number of fused-ring (bicyclic) bond motifs is 1. The van der Waals surface area contributed by atoms with Crippen molar-refractivity contribution in [1.29, 1.82) is 0 Å². The molecule has 0 saturated carbocycles. The van der Waals surface area contributed by atoms with Gasteiger partial charge in [0.1, 0.15) is 12.5 Å². The Morgan fingerprint density at radius 3 is 2.56 bits per heavy atom. The van der Waals surface area contributed by atoms with E-state index in [1.54, 1.807) is 9.58 Å². The molecule has 1 fully saturated rings. The SMILES string of the molecule is Cc1cc(I)ccc1-n1ncc(C(=O)c2cc3cc(C(=O)N4CCOCC4)ccc3n2COCC[Si](C)(C)C)c1N. The van der Waals surface area contributed by atoms with Gasteiger partial charge in [0.2, 0.25) is 5.78 Å². The first-order valence-corrected chi connectivity index (χ1v) is 18.5. The number of nitrogen functional groups attached to an aromatic ring is 1. The van der Waals surface area contributed by atoms with Crippen LogP contribution in [0, 0.1) is 10.5 Å². The summed E-state index contributed by atoms with van der Waals surface area (Å²) < 4.78 is 16.1. The molecule has 41 heavy (non-hydrogen) atoms. The number of nitrogens with zero attached hydrogens (tertiary/aromatic N) is 4. The van der Waals surface area contributed by atoms with Crippen LogP contribution in [0.15, 0.2) is 48.7 Å². The lowest BCUT2D eigenvalue weighted by molar-refractivity contribution is 0.0303.